The van der Waals surface area contributed by atoms with E-state index in [-0.39, 0.29) is 21.1 Å². The van der Waals surface area contributed by atoms with Gasteiger partial charge in [0.15, 0.2) is 0 Å². The maximum atomic E-state index is 4.47. The number of aromatic nitrogens is 3. The minimum atomic E-state index is 0. The Balaban J connectivity index is 0.000000164. The van der Waals surface area contributed by atoms with Crippen LogP contribution in [0.3, 0.4) is 0 Å². The molecule has 3 nitrogen and oxygen atoms in total. The van der Waals surface area contributed by atoms with Crippen LogP contribution in [-0.4, -0.2) is 14.5 Å². The van der Waals surface area contributed by atoms with Gasteiger partial charge in [0.25, 0.3) is 0 Å². The largest absolute Gasteiger partial charge is 2.00 e. The number of pyridine rings is 2. The molecule has 0 aliphatic heterocycles. The average molecular weight is 621 g/mol. The number of benzene rings is 3. The molecule has 0 atom stereocenters. The van der Waals surface area contributed by atoms with Crippen molar-refractivity contribution in [3.05, 3.63) is 127 Å². The molecule has 0 N–H and O–H groups in total. The van der Waals surface area contributed by atoms with E-state index in [1.807, 2.05) is 54.9 Å². The zero-order valence-corrected chi connectivity index (χ0v) is 21.2. The van der Waals surface area contributed by atoms with Crippen LogP contribution in [0.1, 0.15) is 11.1 Å². The van der Waals surface area contributed by atoms with E-state index in [9.17, 15) is 0 Å². The Hall–Kier alpha value is -3.55. The van der Waals surface area contributed by atoms with Crippen molar-refractivity contribution in [1.82, 2.24) is 14.5 Å². The summed E-state index contributed by atoms with van der Waals surface area (Å²) >= 11 is 0. The van der Waals surface area contributed by atoms with Crippen molar-refractivity contribution in [2.75, 3.05) is 0 Å². The van der Waals surface area contributed by atoms with Crippen LogP contribution in [0, 0.1) is 26.0 Å². The Labute approximate surface area is 214 Å². The van der Waals surface area contributed by atoms with Gasteiger partial charge in [-0.15, -0.1) is 23.3 Å². The zero-order chi connectivity index (χ0) is 22.6. The summed E-state index contributed by atoms with van der Waals surface area (Å²) in [4.78, 5) is 8.94. The van der Waals surface area contributed by atoms with Gasteiger partial charge in [-0.25, -0.2) is 11.1 Å². The number of para-hydroxylation sites is 1. The summed E-state index contributed by atoms with van der Waals surface area (Å²) in [6, 6.07) is 37.1. The molecule has 0 amide bonds. The van der Waals surface area contributed by atoms with Crippen LogP contribution in [0.15, 0.2) is 103 Å². The van der Waals surface area contributed by atoms with Crippen LogP contribution in [-0.2, 0) is 21.1 Å². The van der Waals surface area contributed by atoms with Gasteiger partial charge < -0.3 is 4.57 Å². The van der Waals surface area contributed by atoms with Crippen LogP contribution >= 0.6 is 0 Å². The molecule has 168 valence electrons. The second kappa shape index (κ2) is 10.6. The molecule has 0 bridgehead atoms. The maximum absolute atomic E-state index is 4.47. The van der Waals surface area contributed by atoms with Crippen molar-refractivity contribution in [3.8, 4) is 16.8 Å². The summed E-state index contributed by atoms with van der Waals surface area (Å²) in [5.41, 5.74) is 9.95. The van der Waals surface area contributed by atoms with Gasteiger partial charge in [0.1, 0.15) is 11.0 Å². The van der Waals surface area contributed by atoms with Gasteiger partial charge in [0, 0.05) is 18.1 Å². The standard InChI is InChI=1S/C16H11N3.C14H12.Pt/c1-2-6-12(7-3-1)19-13-8-4-10-17-15(13)16-14(19)9-5-11-18-16;1-11-5-3-7-13(9-11)14-8-4-6-12(2)10-14;/h1-11H;3-6,9-10H,1-2H3;/q;-2;+2. The number of nitrogens with zero attached hydrogens (tertiary/aromatic N) is 3. The van der Waals surface area contributed by atoms with E-state index in [4.69, 9.17) is 0 Å². The molecule has 6 aromatic rings. The molecule has 0 radical (unpaired) electrons. The van der Waals surface area contributed by atoms with E-state index in [0.29, 0.717) is 0 Å². The van der Waals surface area contributed by atoms with Crippen LogP contribution in [0.25, 0.3) is 38.9 Å². The molecule has 0 unspecified atom stereocenters. The fourth-order valence-electron chi connectivity index (χ4n) is 3.98. The predicted octanol–water partition coefficient (Wildman–Crippen LogP) is 7.14. The predicted molar refractivity (Wildman–Crippen MR) is 135 cm³/mol. The van der Waals surface area contributed by atoms with Gasteiger partial charge in [-0.05, 0) is 36.4 Å². The van der Waals surface area contributed by atoms with E-state index in [2.05, 4.69) is 89.0 Å². The third-order valence-corrected chi connectivity index (χ3v) is 5.50. The molecule has 34 heavy (non-hydrogen) atoms. The summed E-state index contributed by atoms with van der Waals surface area (Å²) in [6.45, 7) is 4.18. The second-order valence-corrected chi connectivity index (χ2v) is 7.97. The van der Waals surface area contributed by atoms with Crippen molar-refractivity contribution in [2.45, 2.75) is 13.8 Å². The third kappa shape index (κ3) is 4.85. The van der Waals surface area contributed by atoms with Crippen LogP contribution in [0.5, 0.6) is 0 Å². The van der Waals surface area contributed by atoms with E-state index in [0.717, 1.165) is 38.9 Å². The minimum Gasteiger partial charge on any atom is -0.306 e. The number of rotatable bonds is 2. The molecular weight excluding hydrogens is 597 g/mol. The fraction of sp³-hybridized carbons (Fsp3) is 0.0667. The number of fused-ring (bicyclic) bond motifs is 3. The van der Waals surface area contributed by atoms with Gasteiger partial charge >= 0.3 is 21.1 Å². The molecule has 4 heteroatoms. The van der Waals surface area contributed by atoms with Crippen LogP contribution in [0.2, 0.25) is 0 Å². The zero-order valence-electron chi connectivity index (χ0n) is 19.0. The smallest absolute Gasteiger partial charge is 0.306 e. The monoisotopic (exact) mass is 620 g/mol. The number of hydrogen-bond acceptors (Lipinski definition) is 2. The molecule has 0 saturated carbocycles. The molecule has 0 aliphatic carbocycles. The number of aryl methyl sites for hydroxylation is 2. The van der Waals surface area contributed by atoms with Crippen molar-refractivity contribution in [3.63, 3.8) is 0 Å². The first kappa shape index (κ1) is 23.6. The van der Waals surface area contributed by atoms with Crippen molar-refractivity contribution >= 4 is 22.1 Å². The Kier molecular flexibility index (Phi) is 7.35. The van der Waals surface area contributed by atoms with Gasteiger partial charge in [-0.1, -0.05) is 32.0 Å². The first-order valence-corrected chi connectivity index (χ1v) is 10.9. The number of hydrogen-bond donors (Lipinski definition) is 0. The molecule has 0 aliphatic rings. The van der Waals surface area contributed by atoms with Crippen molar-refractivity contribution in [1.29, 1.82) is 0 Å². The maximum Gasteiger partial charge on any atom is 2.00 e. The molecule has 0 saturated heterocycles. The Morgan fingerprint density at radius 2 is 1.12 bits per heavy atom. The van der Waals surface area contributed by atoms with E-state index < -0.39 is 0 Å². The third-order valence-electron chi connectivity index (χ3n) is 5.50. The Bertz CT molecular complexity index is 1440. The Morgan fingerprint density at radius 1 is 0.618 bits per heavy atom. The quantitative estimate of drug-likeness (QED) is 0.193. The van der Waals surface area contributed by atoms with Crippen molar-refractivity contribution in [2.24, 2.45) is 0 Å². The second-order valence-electron chi connectivity index (χ2n) is 7.97. The summed E-state index contributed by atoms with van der Waals surface area (Å²) in [7, 11) is 0. The summed E-state index contributed by atoms with van der Waals surface area (Å²) in [5, 5.41) is 0. The van der Waals surface area contributed by atoms with Crippen LogP contribution < -0.4 is 0 Å². The first-order chi connectivity index (χ1) is 16.2. The molecule has 6 rings (SSSR count). The fourth-order valence-corrected chi connectivity index (χ4v) is 3.98. The average Bonchev–Trinajstić information content (AvgIpc) is 3.20. The summed E-state index contributed by atoms with van der Waals surface area (Å²) in [6.07, 6.45) is 3.62. The summed E-state index contributed by atoms with van der Waals surface area (Å²) < 4.78 is 2.20. The van der Waals surface area contributed by atoms with E-state index >= 15 is 0 Å². The van der Waals surface area contributed by atoms with Gasteiger partial charge in [0.05, 0.1) is 11.0 Å². The minimum absolute atomic E-state index is 0. The van der Waals surface area contributed by atoms with E-state index in [1.54, 1.807) is 0 Å². The molecule has 0 fully saturated rings. The molecule has 3 aromatic carbocycles. The molecular formula is C30H23N3Pt. The summed E-state index contributed by atoms with van der Waals surface area (Å²) in [5.74, 6) is 0. The van der Waals surface area contributed by atoms with E-state index in [1.165, 1.54) is 11.1 Å². The topological polar surface area (TPSA) is 30.7 Å². The van der Waals surface area contributed by atoms with Gasteiger partial charge in [0.2, 0.25) is 0 Å². The van der Waals surface area contributed by atoms with Crippen LogP contribution in [0.4, 0.5) is 0 Å². The van der Waals surface area contributed by atoms with Gasteiger partial charge in [-0.3, -0.25) is 9.97 Å². The first-order valence-electron chi connectivity index (χ1n) is 10.9. The van der Waals surface area contributed by atoms with Crippen molar-refractivity contribution < 1.29 is 21.1 Å². The molecule has 3 heterocycles. The molecule has 3 aromatic heterocycles. The van der Waals surface area contributed by atoms with Gasteiger partial charge in [-0.2, -0.15) is 36.4 Å². The Morgan fingerprint density at radius 3 is 1.59 bits per heavy atom. The normalized spacial score (nSPS) is 10.4. The molecule has 0 spiro atoms. The SMILES string of the molecule is Cc1cc[c-]c(-c2[c-]ccc(C)c2)c1.[Pt+2].c1ccc(-n2c3cccnc3c3ncccc32)cc1.